The Balaban J connectivity index is 2.53. The number of ketones is 1. The van der Waals surface area contributed by atoms with Crippen molar-refractivity contribution in [2.75, 3.05) is 6.54 Å². The van der Waals surface area contributed by atoms with Crippen molar-refractivity contribution < 1.29 is 10.1 Å². The first-order chi connectivity index (χ1) is 5.02. The van der Waals surface area contributed by atoms with E-state index in [9.17, 15) is 4.79 Å². The average Bonchev–Trinajstić information content (AvgIpc) is 2.34. The molecule has 0 saturated carbocycles. The zero-order valence-corrected chi connectivity index (χ0v) is 7.68. The maximum Gasteiger partial charge on any atom is 0.195 e. The monoisotopic (exact) mass is 156 g/mol. The van der Waals surface area contributed by atoms with Gasteiger partial charge < -0.3 is 5.32 Å². The maximum atomic E-state index is 11.6. The van der Waals surface area contributed by atoms with E-state index in [2.05, 4.69) is 5.32 Å². The van der Waals surface area contributed by atoms with Gasteiger partial charge in [0.1, 0.15) is 6.04 Å². The van der Waals surface area contributed by atoms with Crippen LogP contribution in [0.25, 0.3) is 0 Å². The van der Waals surface area contributed by atoms with Crippen molar-refractivity contribution in [2.24, 2.45) is 5.41 Å². The van der Waals surface area contributed by atoms with Crippen LogP contribution < -0.4 is 5.32 Å². The molecule has 2 nitrogen and oxygen atoms in total. The molecule has 11 heavy (non-hydrogen) atoms. The standard InChI is InChI=1S/C9H17NO/c1-9(2,3)8(11)7-5-4-6-10-7/h7,10H,4-6H2,1-3H3/p+1/t7-/m0/s1. The molecule has 1 atom stereocenters. The summed E-state index contributed by atoms with van der Waals surface area (Å²) < 4.78 is 0. The van der Waals surface area contributed by atoms with E-state index in [4.69, 9.17) is 0 Å². The summed E-state index contributed by atoms with van der Waals surface area (Å²) in [6.45, 7) is 7.14. The number of carbonyl (C=O) groups is 1. The van der Waals surface area contributed by atoms with Gasteiger partial charge in [-0.1, -0.05) is 20.8 Å². The van der Waals surface area contributed by atoms with Crippen LogP contribution in [0.5, 0.6) is 0 Å². The van der Waals surface area contributed by atoms with E-state index in [1.54, 1.807) is 0 Å². The van der Waals surface area contributed by atoms with Crippen LogP contribution in [-0.2, 0) is 4.79 Å². The van der Waals surface area contributed by atoms with Crippen LogP contribution in [0, 0.1) is 5.41 Å². The predicted octanol–water partition coefficient (Wildman–Crippen LogP) is 0.327. The highest BCUT2D eigenvalue weighted by Gasteiger charge is 2.34. The van der Waals surface area contributed by atoms with Crippen molar-refractivity contribution in [1.29, 1.82) is 0 Å². The third-order valence-corrected chi connectivity index (χ3v) is 2.25. The van der Waals surface area contributed by atoms with E-state index in [1.165, 1.54) is 6.42 Å². The molecule has 0 amide bonds. The van der Waals surface area contributed by atoms with Crippen LogP contribution in [-0.4, -0.2) is 18.4 Å². The summed E-state index contributed by atoms with van der Waals surface area (Å²) in [7, 11) is 0. The van der Waals surface area contributed by atoms with E-state index < -0.39 is 0 Å². The molecule has 0 unspecified atom stereocenters. The van der Waals surface area contributed by atoms with Crippen molar-refractivity contribution >= 4 is 5.78 Å². The molecule has 2 N–H and O–H groups in total. The summed E-state index contributed by atoms with van der Waals surface area (Å²) in [6.07, 6.45) is 2.28. The van der Waals surface area contributed by atoms with Gasteiger partial charge in [-0.15, -0.1) is 0 Å². The quantitative estimate of drug-likeness (QED) is 0.583. The molecule has 64 valence electrons. The largest absolute Gasteiger partial charge is 0.338 e. The summed E-state index contributed by atoms with van der Waals surface area (Å²) in [5.74, 6) is 0.412. The molecule has 1 aliphatic heterocycles. The molecular weight excluding hydrogens is 138 g/mol. The number of quaternary nitrogens is 1. The van der Waals surface area contributed by atoms with Gasteiger partial charge >= 0.3 is 0 Å². The molecular formula is C9H18NO+. The van der Waals surface area contributed by atoms with Crippen molar-refractivity contribution in [3.8, 4) is 0 Å². The van der Waals surface area contributed by atoms with E-state index in [0.717, 1.165) is 13.0 Å². The smallest absolute Gasteiger partial charge is 0.195 e. The Morgan fingerprint density at radius 2 is 2.09 bits per heavy atom. The minimum absolute atomic E-state index is 0.147. The van der Waals surface area contributed by atoms with E-state index in [0.29, 0.717) is 5.78 Å². The second-order valence-electron chi connectivity index (χ2n) is 4.39. The molecule has 0 aromatic carbocycles. The third-order valence-electron chi connectivity index (χ3n) is 2.25. The maximum absolute atomic E-state index is 11.6. The van der Waals surface area contributed by atoms with E-state index in [1.807, 2.05) is 20.8 Å². The lowest BCUT2D eigenvalue weighted by Crippen LogP contribution is -2.89. The lowest BCUT2D eigenvalue weighted by Gasteiger charge is -2.18. The Kier molecular flexibility index (Phi) is 2.33. The molecule has 0 aromatic rings. The molecule has 1 heterocycles. The van der Waals surface area contributed by atoms with E-state index in [-0.39, 0.29) is 11.5 Å². The second-order valence-corrected chi connectivity index (χ2v) is 4.39. The normalized spacial score (nSPS) is 25.5. The lowest BCUT2D eigenvalue weighted by molar-refractivity contribution is -0.657. The number of Topliss-reactive ketones (excluding diaryl/α,β-unsaturated/α-hetero) is 1. The third kappa shape index (κ3) is 2.03. The Bertz CT molecular complexity index is 151. The fourth-order valence-electron chi connectivity index (χ4n) is 1.57. The van der Waals surface area contributed by atoms with Crippen LogP contribution in [0.2, 0.25) is 0 Å². The van der Waals surface area contributed by atoms with Crippen molar-refractivity contribution in [1.82, 2.24) is 0 Å². The molecule has 1 fully saturated rings. The van der Waals surface area contributed by atoms with Gasteiger partial charge in [-0.3, -0.25) is 4.79 Å². The van der Waals surface area contributed by atoms with Gasteiger partial charge in [0.15, 0.2) is 5.78 Å². The summed E-state index contributed by atoms with van der Waals surface area (Å²) >= 11 is 0. The second kappa shape index (κ2) is 2.94. The first-order valence-electron chi connectivity index (χ1n) is 4.39. The van der Waals surface area contributed by atoms with Crippen LogP contribution in [0.1, 0.15) is 33.6 Å². The van der Waals surface area contributed by atoms with E-state index >= 15 is 0 Å². The highest BCUT2D eigenvalue weighted by Crippen LogP contribution is 2.18. The molecule has 0 radical (unpaired) electrons. The minimum Gasteiger partial charge on any atom is -0.338 e. The summed E-state index contributed by atoms with van der Waals surface area (Å²) in [6, 6.07) is 0.259. The minimum atomic E-state index is -0.147. The van der Waals surface area contributed by atoms with Crippen molar-refractivity contribution in [3.63, 3.8) is 0 Å². The van der Waals surface area contributed by atoms with Gasteiger partial charge in [-0.25, -0.2) is 0 Å². The SMILES string of the molecule is CC(C)(C)C(=O)[C@@H]1CCC[NH2+]1. The van der Waals surface area contributed by atoms with Crippen LogP contribution in [0.15, 0.2) is 0 Å². The molecule has 0 bridgehead atoms. The van der Waals surface area contributed by atoms with Gasteiger partial charge in [-0.2, -0.15) is 0 Å². The number of hydrogen-bond acceptors (Lipinski definition) is 1. The highest BCUT2D eigenvalue weighted by atomic mass is 16.1. The van der Waals surface area contributed by atoms with Gasteiger partial charge in [-0.05, 0) is 0 Å². The molecule has 2 heteroatoms. The topological polar surface area (TPSA) is 33.7 Å². The molecule has 1 aliphatic rings. The predicted molar refractivity (Wildman–Crippen MR) is 44.3 cm³/mol. The zero-order valence-electron chi connectivity index (χ0n) is 7.68. The van der Waals surface area contributed by atoms with Crippen LogP contribution >= 0.6 is 0 Å². The Hall–Kier alpha value is -0.370. The fourth-order valence-corrected chi connectivity index (χ4v) is 1.57. The Morgan fingerprint density at radius 3 is 2.45 bits per heavy atom. The molecule has 0 aromatic heterocycles. The summed E-state index contributed by atoms with van der Waals surface area (Å²) in [4.78, 5) is 11.6. The van der Waals surface area contributed by atoms with Gasteiger partial charge in [0.2, 0.25) is 0 Å². The summed E-state index contributed by atoms with van der Waals surface area (Å²) in [5.41, 5.74) is -0.147. The average molecular weight is 156 g/mol. The van der Waals surface area contributed by atoms with Gasteiger partial charge in [0.25, 0.3) is 0 Å². The van der Waals surface area contributed by atoms with Crippen LogP contribution in [0.3, 0.4) is 0 Å². The molecule has 1 saturated heterocycles. The molecule has 0 aliphatic carbocycles. The molecule has 0 spiro atoms. The highest BCUT2D eigenvalue weighted by molar-refractivity contribution is 5.87. The van der Waals surface area contributed by atoms with Gasteiger partial charge in [0, 0.05) is 18.3 Å². The summed E-state index contributed by atoms with van der Waals surface area (Å²) in [5, 5.41) is 2.17. The first-order valence-corrected chi connectivity index (χ1v) is 4.39. The van der Waals surface area contributed by atoms with Crippen LogP contribution in [0.4, 0.5) is 0 Å². The fraction of sp³-hybridized carbons (Fsp3) is 0.889. The lowest BCUT2D eigenvalue weighted by atomic mass is 9.86. The van der Waals surface area contributed by atoms with Crippen molar-refractivity contribution in [3.05, 3.63) is 0 Å². The van der Waals surface area contributed by atoms with Crippen molar-refractivity contribution in [2.45, 2.75) is 39.7 Å². The molecule has 1 rings (SSSR count). The Morgan fingerprint density at radius 1 is 1.45 bits per heavy atom. The number of nitrogens with two attached hydrogens (primary N) is 1. The number of hydrogen-bond donors (Lipinski definition) is 1. The number of carbonyl (C=O) groups excluding carboxylic acids is 1. The first kappa shape index (κ1) is 8.72. The Labute approximate surface area is 68.4 Å². The van der Waals surface area contributed by atoms with Gasteiger partial charge in [0.05, 0.1) is 6.54 Å². The number of rotatable bonds is 1. The zero-order chi connectivity index (χ0) is 8.48.